The van der Waals surface area contributed by atoms with Crippen LogP contribution in [-0.2, 0) is 11.0 Å². The molecule has 1 atom stereocenters. The first kappa shape index (κ1) is 16.3. The molecule has 0 fully saturated rings. The average molecular weight is 315 g/mol. The first-order valence-electron chi connectivity index (χ1n) is 6.90. The Bertz CT molecular complexity index is 747. The molecule has 2 aromatic carbocycles. The summed E-state index contributed by atoms with van der Waals surface area (Å²) in [7, 11) is -3.45. The van der Waals surface area contributed by atoms with Crippen LogP contribution in [0.15, 0.2) is 59.5 Å². The molecule has 114 valence electrons. The summed E-state index contributed by atoms with van der Waals surface area (Å²) in [4.78, 5) is 6.44. The summed E-state index contributed by atoms with van der Waals surface area (Å²) in [6.07, 6.45) is 0.320. The van der Waals surface area contributed by atoms with E-state index in [-0.39, 0.29) is 0 Å². The Morgan fingerprint density at radius 2 is 1.73 bits per heavy atom. The van der Waals surface area contributed by atoms with Gasteiger partial charge in [-0.05, 0) is 29.8 Å². The van der Waals surface area contributed by atoms with Gasteiger partial charge in [-0.25, -0.2) is 0 Å². The number of rotatable bonds is 5. The fourth-order valence-corrected chi connectivity index (χ4v) is 4.35. The van der Waals surface area contributed by atoms with E-state index in [0.717, 1.165) is 5.56 Å². The molecule has 0 amide bonds. The third-order valence-corrected chi connectivity index (χ3v) is 5.63. The molecule has 2 rings (SSSR count). The van der Waals surface area contributed by atoms with Crippen LogP contribution in [0.3, 0.4) is 0 Å². The van der Waals surface area contributed by atoms with Crippen molar-refractivity contribution in [2.45, 2.75) is 25.9 Å². The van der Waals surface area contributed by atoms with Gasteiger partial charge in [-0.1, -0.05) is 54.6 Å². The van der Waals surface area contributed by atoms with Crippen LogP contribution in [0.5, 0.6) is 0 Å². The maximum Gasteiger partial charge on any atom is 0.228 e. The molecule has 0 aliphatic heterocycles. The van der Waals surface area contributed by atoms with Crippen LogP contribution >= 0.6 is 7.29 Å². The van der Waals surface area contributed by atoms with Crippen LogP contribution < -0.4 is 10.6 Å². The molecule has 2 aromatic rings. The molecule has 1 N–H and O–H groups in total. The number of hydrogen-bond acceptors (Lipinski definition) is 2. The molecule has 0 radical (unpaired) electrons. The Hall–Kier alpha value is -2.06. The largest absolute Gasteiger partial charge is 0.390 e. The zero-order valence-electron chi connectivity index (χ0n) is 12.5. The van der Waals surface area contributed by atoms with Gasteiger partial charge in [0.05, 0.1) is 5.60 Å². The standard InChI is InChI=1S/C16H18N3O2P/c1-16(2,20)12-13-8-6-7-11-15(13)22(21,19-18-17)14-9-4-3-5-10-14/h3-11,20H,12H2,1-2H3. The monoisotopic (exact) mass is 315 g/mol. The number of azide groups is 1. The van der Waals surface area contributed by atoms with Crippen LogP contribution in [0.4, 0.5) is 0 Å². The minimum atomic E-state index is -3.45. The van der Waals surface area contributed by atoms with Crippen molar-refractivity contribution in [1.29, 1.82) is 0 Å². The Kier molecular flexibility index (Phi) is 4.72. The summed E-state index contributed by atoms with van der Waals surface area (Å²) in [5.41, 5.74) is 8.65. The quantitative estimate of drug-likeness (QED) is 0.396. The first-order chi connectivity index (χ1) is 10.4. The van der Waals surface area contributed by atoms with E-state index in [0.29, 0.717) is 17.0 Å². The van der Waals surface area contributed by atoms with Crippen molar-refractivity contribution < 1.29 is 9.67 Å². The first-order valence-corrected chi connectivity index (χ1v) is 8.56. The molecule has 0 saturated heterocycles. The van der Waals surface area contributed by atoms with E-state index >= 15 is 0 Å². The summed E-state index contributed by atoms with van der Waals surface area (Å²) >= 11 is 0. The lowest BCUT2D eigenvalue weighted by atomic mass is 9.99. The third-order valence-electron chi connectivity index (χ3n) is 3.21. The molecule has 6 heteroatoms. The van der Waals surface area contributed by atoms with Gasteiger partial charge in [0.1, 0.15) is 0 Å². The molecular weight excluding hydrogens is 297 g/mol. The zero-order chi connectivity index (χ0) is 16.2. The third kappa shape index (κ3) is 3.58. The molecule has 0 aliphatic rings. The van der Waals surface area contributed by atoms with Crippen LogP contribution in [0.2, 0.25) is 0 Å². The van der Waals surface area contributed by atoms with Gasteiger partial charge in [0.2, 0.25) is 7.29 Å². The Labute approximate surface area is 129 Å². The average Bonchev–Trinajstić information content (AvgIpc) is 2.47. The second-order valence-corrected chi connectivity index (χ2v) is 8.04. The SMILES string of the molecule is CC(C)(O)Cc1ccccc1P(=O)(N=[N+]=[N-])c1ccccc1. The molecule has 1 unspecified atom stereocenters. The summed E-state index contributed by atoms with van der Waals surface area (Å²) in [5.74, 6) is 0. The van der Waals surface area contributed by atoms with E-state index in [1.54, 1.807) is 56.3 Å². The lowest BCUT2D eigenvalue weighted by Crippen LogP contribution is -2.27. The minimum absolute atomic E-state index is 0.320. The van der Waals surface area contributed by atoms with Crippen LogP contribution in [-0.4, -0.2) is 10.7 Å². The lowest BCUT2D eigenvalue weighted by molar-refractivity contribution is 0.0812. The highest BCUT2D eigenvalue weighted by Crippen LogP contribution is 2.46. The highest BCUT2D eigenvalue weighted by Gasteiger charge is 2.29. The van der Waals surface area contributed by atoms with E-state index in [1.807, 2.05) is 12.1 Å². The predicted octanol–water partition coefficient (Wildman–Crippen LogP) is 3.54. The summed E-state index contributed by atoms with van der Waals surface area (Å²) in [6, 6.07) is 15.8. The van der Waals surface area contributed by atoms with Crippen molar-refractivity contribution >= 4 is 17.9 Å². The normalized spacial score (nSPS) is 14.0. The molecule has 22 heavy (non-hydrogen) atoms. The van der Waals surface area contributed by atoms with Crippen molar-refractivity contribution in [1.82, 2.24) is 0 Å². The van der Waals surface area contributed by atoms with Crippen LogP contribution in [0.25, 0.3) is 10.4 Å². The molecule has 0 spiro atoms. The van der Waals surface area contributed by atoms with E-state index in [2.05, 4.69) is 9.80 Å². The van der Waals surface area contributed by atoms with Crippen LogP contribution in [0, 0.1) is 0 Å². The number of hydrogen-bond donors (Lipinski definition) is 1. The summed E-state index contributed by atoms with van der Waals surface area (Å²) in [6.45, 7) is 3.37. The molecule has 0 aliphatic carbocycles. The van der Waals surface area contributed by atoms with Gasteiger partial charge in [-0.3, -0.25) is 0 Å². The van der Waals surface area contributed by atoms with Crippen molar-refractivity contribution in [3.63, 3.8) is 0 Å². The summed E-state index contributed by atoms with van der Waals surface area (Å²) < 4.78 is 13.4. The van der Waals surface area contributed by atoms with Crippen molar-refractivity contribution in [2.24, 2.45) is 4.88 Å². The van der Waals surface area contributed by atoms with E-state index in [4.69, 9.17) is 5.53 Å². The highest BCUT2D eigenvalue weighted by atomic mass is 31.2. The second-order valence-electron chi connectivity index (χ2n) is 5.71. The molecule has 0 heterocycles. The smallest absolute Gasteiger partial charge is 0.228 e. The summed E-state index contributed by atoms with van der Waals surface area (Å²) in [5, 5.41) is 11.0. The van der Waals surface area contributed by atoms with Gasteiger partial charge in [-0.2, -0.15) is 0 Å². The molecular formula is C16H18N3O2P. The fraction of sp³-hybridized carbons (Fsp3) is 0.250. The topological polar surface area (TPSA) is 86.1 Å². The second kappa shape index (κ2) is 6.37. The van der Waals surface area contributed by atoms with E-state index < -0.39 is 12.9 Å². The fourth-order valence-electron chi connectivity index (χ4n) is 2.35. The maximum atomic E-state index is 13.4. The van der Waals surface area contributed by atoms with Gasteiger partial charge in [-0.15, -0.1) is 0 Å². The predicted molar refractivity (Wildman–Crippen MR) is 88.9 cm³/mol. The van der Waals surface area contributed by atoms with Crippen molar-refractivity contribution in [3.8, 4) is 0 Å². The van der Waals surface area contributed by atoms with Gasteiger partial charge < -0.3 is 9.67 Å². The molecule has 0 bridgehead atoms. The number of nitrogens with zero attached hydrogens (tertiary/aromatic N) is 3. The molecule has 0 saturated carbocycles. The van der Waals surface area contributed by atoms with Crippen molar-refractivity contribution in [2.75, 3.05) is 0 Å². The molecule has 0 aromatic heterocycles. The Morgan fingerprint density at radius 3 is 2.32 bits per heavy atom. The Morgan fingerprint density at radius 1 is 1.14 bits per heavy atom. The lowest BCUT2D eigenvalue weighted by Gasteiger charge is -2.22. The van der Waals surface area contributed by atoms with E-state index in [1.165, 1.54) is 0 Å². The number of benzene rings is 2. The van der Waals surface area contributed by atoms with Gasteiger partial charge in [0, 0.05) is 21.9 Å². The Balaban J connectivity index is 2.65. The van der Waals surface area contributed by atoms with E-state index in [9.17, 15) is 9.67 Å². The van der Waals surface area contributed by atoms with Gasteiger partial charge in [0.25, 0.3) is 0 Å². The maximum absolute atomic E-state index is 13.4. The zero-order valence-corrected chi connectivity index (χ0v) is 13.4. The van der Waals surface area contributed by atoms with Gasteiger partial charge >= 0.3 is 0 Å². The number of aliphatic hydroxyl groups is 1. The minimum Gasteiger partial charge on any atom is -0.390 e. The van der Waals surface area contributed by atoms with Crippen LogP contribution in [0.1, 0.15) is 19.4 Å². The highest BCUT2D eigenvalue weighted by molar-refractivity contribution is 7.77. The van der Waals surface area contributed by atoms with Gasteiger partial charge in [0.15, 0.2) is 0 Å². The molecule has 5 nitrogen and oxygen atoms in total. The van der Waals surface area contributed by atoms with Crippen molar-refractivity contribution in [3.05, 3.63) is 70.6 Å².